The van der Waals surface area contributed by atoms with Crippen LogP contribution < -0.4 is 4.74 Å². The van der Waals surface area contributed by atoms with E-state index in [1.807, 2.05) is 36.4 Å². The summed E-state index contributed by atoms with van der Waals surface area (Å²) < 4.78 is 6.93. The Morgan fingerprint density at radius 3 is 1.54 bits per heavy atom. The molecule has 56 heavy (non-hydrogen) atoms. The van der Waals surface area contributed by atoms with Gasteiger partial charge in [-0.05, 0) is 57.1 Å². The molecule has 2 aliphatic rings. The van der Waals surface area contributed by atoms with Crippen molar-refractivity contribution in [3.8, 4) is 78.8 Å². The first-order valence-corrected chi connectivity index (χ1v) is 19.1. The predicted octanol–water partition coefficient (Wildman–Crippen LogP) is 13.3. The molecule has 0 unspecified atom stereocenters. The lowest BCUT2D eigenvalue weighted by molar-refractivity contribution is 0.438. The lowest BCUT2D eigenvalue weighted by Crippen LogP contribution is -2.32. The van der Waals surface area contributed by atoms with E-state index in [9.17, 15) is 0 Å². The molecule has 1 aromatic heterocycles. The van der Waals surface area contributed by atoms with Gasteiger partial charge in [-0.3, -0.25) is 0 Å². The maximum atomic E-state index is 6.93. The lowest BCUT2D eigenvalue weighted by atomic mass is 9.65. The second-order valence-electron chi connectivity index (χ2n) is 14.5. The first kappa shape index (κ1) is 32.1. The Kier molecular flexibility index (Phi) is 7.39. The van der Waals surface area contributed by atoms with Crippen molar-refractivity contribution >= 4 is 0 Å². The molecule has 0 fully saturated rings. The average Bonchev–Trinajstić information content (AvgIpc) is 3.57. The van der Waals surface area contributed by atoms with E-state index in [4.69, 9.17) is 14.7 Å². The first-order chi connectivity index (χ1) is 27.8. The maximum Gasteiger partial charge on any atom is 0.160 e. The predicted molar refractivity (Wildman–Crippen MR) is 227 cm³/mol. The molecule has 0 atom stereocenters. The SMILES string of the molecule is c1ccc(-c2cc(-c3cccc(-c4ccc(-c5cccc6c5Oc5ccccc5C65c6ccccc6-c6ccccc65)cc4)c3)nc(-c3ccccc3)n2)cc1. The molecule has 1 aliphatic heterocycles. The van der Waals surface area contributed by atoms with Gasteiger partial charge in [0.2, 0.25) is 0 Å². The number of para-hydroxylation sites is 2. The van der Waals surface area contributed by atoms with Crippen LogP contribution in [0.5, 0.6) is 11.5 Å². The molecule has 9 aromatic rings. The van der Waals surface area contributed by atoms with Crippen molar-refractivity contribution in [3.05, 3.63) is 229 Å². The monoisotopic (exact) mass is 714 g/mol. The maximum absolute atomic E-state index is 6.93. The highest BCUT2D eigenvalue weighted by Gasteiger charge is 2.51. The lowest BCUT2D eigenvalue weighted by Gasteiger charge is -2.40. The van der Waals surface area contributed by atoms with Gasteiger partial charge in [-0.15, -0.1) is 0 Å². The standard InChI is InChI=1S/C53H34N2O/c1-3-15-37(16-4-1)48-34-49(55-52(54-48)38-17-5-2-6-18-38)40-20-13-19-39(33-40)35-29-31-36(32-30-35)41-23-14-27-47-51(41)56-50-28-12-11-26-46(50)53(47)44-24-9-7-21-42(44)43-22-8-10-25-45(43)53/h1-34H. The fourth-order valence-corrected chi connectivity index (χ4v) is 8.87. The number of benzene rings is 8. The van der Waals surface area contributed by atoms with Crippen LogP contribution >= 0.6 is 0 Å². The van der Waals surface area contributed by atoms with Crippen molar-refractivity contribution in [2.75, 3.05) is 0 Å². The number of aromatic nitrogens is 2. The molecule has 1 aliphatic carbocycles. The Labute approximate surface area is 326 Å². The summed E-state index contributed by atoms with van der Waals surface area (Å²) in [5.41, 5.74) is 16.3. The van der Waals surface area contributed by atoms with E-state index >= 15 is 0 Å². The summed E-state index contributed by atoms with van der Waals surface area (Å²) in [5, 5.41) is 0. The van der Waals surface area contributed by atoms with Crippen molar-refractivity contribution in [1.29, 1.82) is 0 Å². The molecule has 3 nitrogen and oxygen atoms in total. The number of nitrogens with zero attached hydrogens (tertiary/aromatic N) is 2. The van der Waals surface area contributed by atoms with Crippen LogP contribution in [-0.4, -0.2) is 9.97 Å². The van der Waals surface area contributed by atoms with Gasteiger partial charge in [-0.1, -0.05) is 188 Å². The Morgan fingerprint density at radius 2 is 0.821 bits per heavy atom. The first-order valence-electron chi connectivity index (χ1n) is 19.1. The Bertz CT molecular complexity index is 2830. The molecule has 0 radical (unpaired) electrons. The van der Waals surface area contributed by atoms with Gasteiger partial charge in [0.15, 0.2) is 5.82 Å². The summed E-state index contributed by atoms with van der Waals surface area (Å²) in [6.45, 7) is 0. The third-order valence-corrected chi connectivity index (χ3v) is 11.4. The van der Waals surface area contributed by atoms with Crippen molar-refractivity contribution in [2.45, 2.75) is 5.41 Å². The van der Waals surface area contributed by atoms with Gasteiger partial charge in [0.25, 0.3) is 0 Å². The van der Waals surface area contributed by atoms with E-state index < -0.39 is 5.41 Å². The molecular weight excluding hydrogens is 681 g/mol. The molecule has 0 N–H and O–H groups in total. The normalized spacial score (nSPS) is 12.9. The highest BCUT2D eigenvalue weighted by atomic mass is 16.5. The van der Waals surface area contributed by atoms with Gasteiger partial charge in [0.05, 0.1) is 16.8 Å². The molecule has 3 heteroatoms. The minimum absolute atomic E-state index is 0.491. The minimum Gasteiger partial charge on any atom is -0.456 e. The number of hydrogen-bond donors (Lipinski definition) is 0. The Balaban J connectivity index is 1.000. The van der Waals surface area contributed by atoms with Crippen LogP contribution in [0.4, 0.5) is 0 Å². The van der Waals surface area contributed by atoms with Crippen LogP contribution in [0.15, 0.2) is 206 Å². The smallest absolute Gasteiger partial charge is 0.160 e. The number of rotatable bonds is 5. The van der Waals surface area contributed by atoms with Gasteiger partial charge in [0, 0.05) is 33.4 Å². The van der Waals surface area contributed by atoms with E-state index in [1.165, 1.54) is 27.8 Å². The van der Waals surface area contributed by atoms with Crippen LogP contribution in [0.2, 0.25) is 0 Å². The van der Waals surface area contributed by atoms with Crippen molar-refractivity contribution in [1.82, 2.24) is 9.97 Å². The van der Waals surface area contributed by atoms with Crippen molar-refractivity contribution < 1.29 is 4.74 Å². The molecule has 8 aromatic carbocycles. The third kappa shape index (κ3) is 4.98. The van der Waals surface area contributed by atoms with E-state index in [2.05, 4.69) is 170 Å². The molecular formula is C53H34N2O. The summed E-state index contributed by atoms with van der Waals surface area (Å²) in [5.74, 6) is 2.50. The molecule has 0 bridgehead atoms. The van der Waals surface area contributed by atoms with Crippen molar-refractivity contribution in [2.24, 2.45) is 0 Å². The summed E-state index contributed by atoms with van der Waals surface area (Å²) in [6.07, 6.45) is 0. The van der Waals surface area contributed by atoms with Crippen LogP contribution in [0.1, 0.15) is 22.3 Å². The summed E-state index contributed by atoms with van der Waals surface area (Å²) >= 11 is 0. The van der Waals surface area contributed by atoms with Crippen LogP contribution in [0.3, 0.4) is 0 Å². The van der Waals surface area contributed by atoms with Crippen molar-refractivity contribution in [3.63, 3.8) is 0 Å². The number of fused-ring (bicyclic) bond motifs is 9. The zero-order valence-corrected chi connectivity index (χ0v) is 30.4. The van der Waals surface area contributed by atoms with E-state index in [-0.39, 0.29) is 0 Å². The summed E-state index contributed by atoms with van der Waals surface area (Å²) in [6, 6.07) is 73.0. The highest BCUT2D eigenvalue weighted by Crippen LogP contribution is 2.63. The van der Waals surface area contributed by atoms with Gasteiger partial charge < -0.3 is 4.74 Å². The average molecular weight is 715 g/mol. The second kappa shape index (κ2) is 12.9. The Morgan fingerprint density at radius 1 is 0.321 bits per heavy atom. The number of ether oxygens (including phenoxy) is 1. The third-order valence-electron chi connectivity index (χ3n) is 11.4. The van der Waals surface area contributed by atoms with Gasteiger partial charge in [-0.25, -0.2) is 9.97 Å². The largest absolute Gasteiger partial charge is 0.456 e. The van der Waals surface area contributed by atoms with E-state index in [1.54, 1.807) is 0 Å². The molecule has 262 valence electrons. The highest BCUT2D eigenvalue weighted by molar-refractivity contribution is 5.90. The Hall–Kier alpha value is -7.36. The minimum atomic E-state index is -0.491. The van der Waals surface area contributed by atoms with Crippen LogP contribution in [0.25, 0.3) is 67.3 Å². The van der Waals surface area contributed by atoms with Gasteiger partial charge in [0.1, 0.15) is 11.5 Å². The van der Waals surface area contributed by atoms with E-state index in [0.29, 0.717) is 5.82 Å². The fourth-order valence-electron chi connectivity index (χ4n) is 8.87. The summed E-state index contributed by atoms with van der Waals surface area (Å²) in [4.78, 5) is 10.1. The molecule has 11 rings (SSSR count). The topological polar surface area (TPSA) is 35.0 Å². The van der Waals surface area contributed by atoms with E-state index in [0.717, 1.165) is 67.4 Å². The molecule has 1 spiro atoms. The molecule has 2 heterocycles. The quantitative estimate of drug-likeness (QED) is 0.178. The van der Waals surface area contributed by atoms with Crippen LogP contribution in [0, 0.1) is 0 Å². The zero-order chi connectivity index (χ0) is 37.1. The fraction of sp³-hybridized carbons (Fsp3) is 0.0189. The second-order valence-corrected chi connectivity index (χ2v) is 14.5. The molecule has 0 saturated heterocycles. The summed E-state index contributed by atoms with van der Waals surface area (Å²) in [7, 11) is 0. The molecule has 0 saturated carbocycles. The number of hydrogen-bond acceptors (Lipinski definition) is 3. The van der Waals surface area contributed by atoms with Gasteiger partial charge in [-0.2, -0.15) is 0 Å². The zero-order valence-electron chi connectivity index (χ0n) is 30.4. The van der Waals surface area contributed by atoms with Gasteiger partial charge >= 0.3 is 0 Å². The molecule has 0 amide bonds. The van der Waals surface area contributed by atoms with Crippen LogP contribution in [-0.2, 0) is 5.41 Å².